The van der Waals surface area contributed by atoms with E-state index in [4.69, 9.17) is 11.6 Å². The van der Waals surface area contributed by atoms with Gasteiger partial charge in [0.1, 0.15) is 10.8 Å². The second-order valence-corrected chi connectivity index (χ2v) is 12.1. The van der Waals surface area contributed by atoms with Crippen LogP contribution in [0, 0.1) is 0 Å². The number of sulfonamides is 1. The minimum atomic E-state index is -4.07. The Bertz CT molecular complexity index is 1350. The molecule has 13 heteroatoms. The van der Waals surface area contributed by atoms with Crippen LogP contribution in [0.4, 0.5) is 0 Å². The first-order valence-corrected chi connectivity index (χ1v) is 12.8. The van der Waals surface area contributed by atoms with Gasteiger partial charge in [0.05, 0.1) is 26.6 Å². The smallest absolute Gasteiger partial charge is 0.325 e. The number of aromatic nitrogens is 1. The number of methoxy groups -OCH3 is 1. The lowest BCUT2D eigenvalue weighted by Crippen LogP contribution is -2.22. The molecule has 1 aromatic carbocycles. The number of hydrogen-bond acceptors (Lipinski definition) is 8. The summed E-state index contributed by atoms with van der Waals surface area (Å²) >= 11 is 7.62. The molecule has 0 amide bonds. The molecule has 0 aliphatic rings. The third-order valence-corrected chi connectivity index (χ3v) is 8.83. The number of thiazole rings is 1. The van der Waals surface area contributed by atoms with E-state index in [0.29, 0.717) is 14.6 Å². The fourth-order valence-corrected chi connectivity index (χ4v) is 6.74. The van der Waals surface area contributed by atoms with Crippen LogP contribution in [0.1, 0.15) is 0 Å². The number of carbonyl (C=O) groups is 1. The molecule has 0 saturated heterocycles. The Hall–Kier alpha value is -1.73. The molecule has 0 fully saturated rings. The molecular formula is C15H13ClN2O6S4. The van der Waals surface area contributed by atoms with Crippen molar-refractivity contribution in [3.8, 4) is 0 Å². The Morgan fingerprint density at radius 1 is 1.18 bits per heavy atom. The van der Waals surface area contributed by atoms with Crippen LogP contribution >= 0.6 is 34.3 Å². The maximum Gasteiger partial charge on any atom is 0.325 e. The monoisotopic (exact) mass is 480 g/mol. The van der Waals surface area contributed by atoms with Crippen molar-refractivity contribution < 1.29 is 26.4 Å². The van der Waals surface area contributed by atoms with Gasteiger partial charge in [0, 0.05) is 6.26 Å². The second kappa shape index (κ2) is 7.59. The summed E-state index contributed by atoms with van der Waals surface area (Å²) in [4.78, 5) is 11.9. The van der Waals surface area contributed by atoms with E-state index >= 15 is 0 Å². The molecule has 3 rings (SSSR count). The minimum absolute atomic E-state index is 0.00979. The molecule has 0 aliphatic carbocycles. The van der Waals surface area contributed by atoms with Gasteiger partial charge in [-0.15, -0.1) is 15.7 Å². The summed E-state index contributed by atoms with van der Waals surface area (Å²) in [5, 5.41) is 0. The zero-order chi connectivity index (χ0) is 20.7. The number of thiophene rings is 1. The lowest BCUT2D eigenvalue weighted by atomic mass is 10.3. The number of nitrogens with zero attached hydrogens (tertiary/aromatic N) is 2. The highest BCUT2D eigenvalue weighted by molar-refractivity contribution is 7.92. The van der Waals surface area contributed by atoms with Gasteiger partial charge in [-0.3, -0.25) is 4.79 Å². The number of benzene rings is 1. The zero-order valence-corrected chi connectivity index (χ0v) is 18.5. The number of carbonyl (C=O) groups excluding carboxylic acids is 1. The topological polar surface area (TPSA) is 112 Å². The lowest BCUT2D eigenvalue weighted by Gasteiger charge is -2.04. The van der Waals surface area contributed by atoms with Crippen molar-refractivity contribution in [2.45, 2.75) is 15.6 Å². The molecule has 3 aromatic rings. The summed E-state index contributed by atoms with van der Waals surface area (Å²) in [6.45, 7) is -0.283. The third-order valence-electron chi connectivity index (χ3n) is 3.60. The lowest BCUT2D eigenvalue weighted by molar-refractivity contribution is -0.141. The van der Waals surface area contributed by atoms with Gasteiger partial charge in [-0.25, -0.2) is 8.42 Å². The van der Waals surface area contributed by atoms with E-state index in [1.165, 1.54) is 42.0 Å². The number of ether oxygens (including phenoxy) is 1. The van der Waals surface area contributed by atoms with Crippen LogP contribution in [0.25, 0.3) is 10.2 Å². The summed E-state index contributed by atoms with van der Waals surface area (Å²) in [5.74, 6) is -0.607. The van der Waals surface area contributed by atoms with Crippen molar-refractivity contribution in [1.29, 1.82) is 0 Å². The van der Waals surface area contributed by atoms with Gasteiger partial charge >= 0.3 is 5.97 Å². The molecule has 8 nitrogen and oxygen atoms in total. The first-order valence-electron chi connectivity index (χ1n) is 7.48. The molecule has 0 bridgehead atoms. The van der Waals surface area contributed by atoms with Crippen LogP contribution in [0.2, 0.25) is 4.34 Å². The third kappa shape index (κ3) is 4.30. The fraction of sp³-hybridized carbons (Fsp3) is 0.200. The zero-order valence-electron chi connectivity index (χ0n) is 14.4. The molecule has 150 valence electrons. The number of halogens is 1. The Morgan fingerprint density at radius 3 is 2.46 bits per heavy atom. The van der Waals surface area contributed by atoms with Crippen molar-refractivity contribution in [1.82, 2.24) is 4.57 Å². The average Bonchev–Trinajstić information content (AvgIpc) is 3.18. The maximum absolute atomic E-state index is 12.6. The van der Waals surface area contributed by atoms with Gasteiger partial charge in [-0.1, -0.05) is 22.9 Å². The van der Waals surface area contributed by atoms with Crippen LogP contribution in [-0.2, 0) is 35.9 Å². The number of esters is 1. The highest BCUT2D eigenvalue weighted by Crippen LogP contribution is 2.27. The molecule has 0 aliphatic heterocycles. The van der Waals surface area contributed by atoms with E-state index in [9.17, 15) is 21.6 Å². The van der Waals surface area contributed by atoms with Crippen LogP contribution in [-0.4, -0.2) is 40.7 Å². The Labute approximate surface area is 173 Å². The van der Waals surface area contributed by atoms with E-state index in [1.54, 1.807) is 0 Å². The van der Waals surface area contributed by atoms with Gasteiger partial charge < -0.3 is 9.30 Å². The fourth-order valence-electron chi connectivity index (χ4n) is 2.28. The van der Waals surface area contributed by atoms with Crippen molar-refractivity contribution in [2.75, 3.05) is 13.4 Å². The molecule has 0 saturated carbocycles. The van der Waals surface area contributed by atoms with Crippen molar-refractivity contribution in [3.63, 3.8) is 0 Å². The largest absolute Gasteiger partial charge is 0.468 e. The van der Waals surface area contributed by atoms with Gasteiger partial charge in [0.2, 0.25) is 4.80 Å². The predicted octanol–water partition coefficient (Wildman–Crippen LogP) is 2.28. The number of hydrogen-bond donors (Lipinski definition) is 0. The average molecular weight is 481 g/mol. The number of rotatable bonds is 5. The van der Waals surface area contributed by atoms with Gasteiger partial charge in [0.15, 0.2) is 9.84 Å². The summed E-state index contributed by atoms with van der Waals surface area (Å²) < 4.78 is 59.4. The van der Waals surface area contributed by atoms with Crippen LogP contribution < -0.4 is 4.80 Å². The minimum Gasteiger partial charge on any atom is -0.468 e. The normalized spacial score (nSPS) is 13.2. The molecule has 0 N–H and O–H groups in total. The molecule has 2 aromatic heterocycles. The highest BCUT2D eigenvalue weighted by Gasteiger charge is 2.19. The Morgan fingerprint density at radius 2 is 1.89 bits per heavy atom. The molecule has 28 heavy (non-hydrogen) atoms. The maximum atomic E-state index is 12.6. The van der Waals surface area contributed by atoms with E-state index in [0.717, 1.165) is 28.9 Å². The van der Waals surface area contributed by atoms with Gasteiger partial charge in [-0.2, -0.15) is 8.42 Å². The summed E-state index contributed by atoms with van der Waals surface area (Å²) in [7, 11) is -6.31. The summed E-state index contributed by atoms with van der Waals surface area (Å²) in [5.41, 5.74) is 0.459. The van der Waals surface area contributed by atoms with E-state index in [1.807, 2.05) is 0 Å². The van der Waals surface area contributed by atoms with Crippen LogP contribution in [0.15, 0.2) is 43.8 Å². The van der Waals surface area contributed by atoms with E-state index in [2.05, 4.69) is 9.13 Å². The number of fused-ring (bicyclic) bond motifs is 1. The Kier molecular flexibility index (Phi) is 5.69. The predicted molar refractivity (Wildman–Crippen MR) is 107 cm³/mol. The first kappa shape index (κ1) is 21.0. The number of sulfone groups is 1. The Balaban J connectivity index is 2.27. The highest BCUT2D eigenvalue weighted by atomic mass is 35.5. The molecule has 0 spiro atoms. The van der Waals surface area contributed by atoms with E-state index in [-0.39, 0.29) is 20.5 Å². The SMILES string of the molecule is COC(=O)Cn1c(=NS(=O)(=O)c2ccc(Cl)s2)sc2cc(S(C)(=O)=O)ccc21. The van der Waals surface area contributed by atoms with Crippen molar-refractivity contribution >= 4 is 70.3 Å². The summed E-state index contributed by atoms with van der Waals surface area (Å²) in [6, 6.07) is 7.08. The summed E-state index contributed by atoms with van der Waals surface area (Å²) in [6.07, 6.45) is 1.07. The quantitative estimate of drug-likeness (QED) is 0.518. The van der Waals surface area contributed by atoms with Crippen LogP contribution in [0.3, 0.4) is 0 Å². The van der Waals surface area contributed by atoms with E-state index < -0.39 is 25.8 Å². The first-order chi connectivity index (χ1) is 13.0. The molecule has 0 atom stereocenters. The molecule has 2 heterocycles. The molecule has 0 radical (unpaired) electrons. The second-order valence-electron chi connectivity index (χ2n) is 5.57. The molecule has 0 unspecified atom stereocenters. The standard InChI is InChI=1S/C15H13ClN2O6S4/c1-24-13(19)8-18-10-4-3-9(27(2,20)21)7-11(10)25-15(18)17-28(22,23)14-6-5-12(16)26-14/h3-7H,8H2,1-2H3. The van der Waals surface area contributed by atoms with Crippen molar-refractivity contribution in [2.24, 2.45) is 4.40 Å². The van der Waals surface area contributed by atoms with Crippen molar-refractivity contribution in [3.05, 3.63) is 39.5 Å². The van der Waals surface area contributed by atoms with Crippen LogP contribution in [0.5, 0.6) is 0 Å². The molecular weight excluding hydrogens is 468 g/mol. The van der Waals surface area contributed by atoms with Gasteiger partial charge in [-0.05, 0) is 30.3 Å². The van der Waals surface area contributed by atoms with Gasteiger partial charge in [0.25, 0.3) is 10.0 Å².